The van der Waals surface area contributed by atoms with Gasteiger partial charge in [0.25, 0.3) is 0 Å². The number of aromatic nitrogens is 1. The highest BCUT2D eigenvalue weighted by Gasteiger charge is 2.34. The van der Waals surface area contributed by atoms with Gasteiger partial charge in [0, 0.05) is 5.33 Å². The molecule has 0 spiro atoms. The molecular weight excluding hydrogens is 422 g/mol. The molecule has 0 unspecified atom stereocenters. The molecule has 94 valence electrons. The predicted octanol–water partition coefficient (Wildman–Crippen LogP) is 3.18. The summed E-state index contributed by atoms with van der Waals surface area (Å²) in [7, 11) is 0. The van der Waals surface area contributed by atoms with Crippen molar-refractivity contribution in [3.8, 4) is 5.75 Å². The number of halogens is 5. The van der Waals surface area contributed by atoms with Gasteiger partial charge in [-0.3, -0.25) is 0 Å². The summed E-state index contributed by atoms with van der Waals surface area (Å²) in [6, 6.07) is 1.01. The first-order chi connectivity index (χ1) is 7.74. The smallest absolute Gasteiger partial charge is 0.478 e. The summed E-state index contributed by atoms with van der Waals surface area (Å²) in [5.41, 5.74) is -0.692. The minimum Gasteiger partial charge on any atom is -0.478 e. The van der Waals surface area contributed by atoms with Crippen LogP contribution in [0, 0.1) is 3.70 Å². The fourth-order valence-corrected chi connectivity index (χ4v) is 2.01. The molecular formula is C8H4BrF3INO3. The largest absolute Gasteiger partial charge is 0.573 e. The second-order valence-electron chi connectivity index (χ2n) is 2.75. The van der Waals surface area contributed by atoms with Gasteiger partial charge in [0.2, 0.25) is 0 Å². The topological polar surface area (TPSA) is 59.4 Å². The molecule has 0 aliphatic carbocycles. The van der Waals surface area contributed by atoms with Gasteiger partial charge in [0.05, 0.1) is 5.69 Å². The van der Waals surface area contributed by atoms with E-state index in [2.05, 4.69) is 25.7 Å². The van der Waals surface area contributed by atoms with Crippen LogP contribution in [-0.2, 0) is 5.33 Å². The van der Waals surface area contributed by atoms with Crippen LogP contribution in [0.5, 0.6) is 5.75 Å². The van der Waals surface area contributed by atoms with Crippen LogP contribution in [-0.4, -0.2) is 22.4 Å². The van der Waals surface area contributed by atoms with Crippen LogP contribution in [0.3, 0.4) is 0 Å². The second kappa shape index (κ2) is 5.38. The Morgan fingerprint density at radius 3 is 2.59 bits per heavy atom. The van der Waals surface area contributed by atoms with Gasteiger partial charge in [-0.1, -0.05) is 15.9 Å². The van der Waals surface area contributed by atoms with E-state index in [0.29, 0.717) is 0 Å². The number of hydrogen-bond donors (Lipinski definition) is 1. The number of aromatic carboxylic acids is 1. The molecule has 0 radical (unpaired) electrons. The zero-order valence-electron chi connectivity index (χ0n) is 7.89. The molecule has 17 heavy (non-hydrogen) atoms. The van der Waals surface area contributed by atoms with Crippen molar-refractivity contribution in [2.45, 2.75) is 11.7 Å². The third kappa shape index (κ3) is 3.98. The molecule has 0 saturated heterocycles. The van der Waals surface area contributed by atoms with Gasteiger partial charge in [-0.25, -0.2) is 9.78 Å². The predicted molar refractivity (Wildman–Crippen MR) is 63.2 cm³/mol. The first-order valence-corrected chi connectivity index (χ1v) is 6.19. The van der Waals surface area contributed by atoms with Gasteiger partial charge in [0.1, 0.15) is 9.26 Å². The Morgan fingerprint density at radius 2 is 2.18 bits per heavy atom. The highest BCUT2D eigenvalue weighted by Crippen LogP contribution is 2.31. The molecule has 0 aliphatic rings. The number of carboxylic acid groups (broad SMARTS) is 1. The number of ether oxygens (including phenoxy) is 1. The Kier molecular flexibility index (Phi) is 4.58. The van der Waals surface area contributed by atoms with Gasteiger partial charge < -0.3 is 9.84 Å². The van der Waals surface area contributed by atoms with Crippen molar-refractivity contribution in [3.05, 3.63) is 21.0 Å². The average Bonchev–Trinajstić information content (AvgIpc) is 2.17. The molecule has 1 rings (SSSR count). The summed E-state index contributed by atoms with van der Waals surface area (Å²) in [4.78, 5) is 14.6. The van der Waals surface area contributed by atoms with E-state index in [1.165, 1.54) is 0 Å². The van der Waals surface area contributed by atoms with E-state index in [9.17, 15) is 18.0 Å². The monoisotopic (exact) mass is 425 g/mol. The Hall–Kier alpha value is -0.580. The Bertz CT molecular complexity index is 452. The van der Waals surface area contributed by atoms with Crippen molar-refractivity contribution < 1.29 is 27.8 Å². The molecule has 0 bridgehead atoms. The lowest BCUT2D eigenvalue weighted by Crippen LogP contribution is -2.21. The van der Waals surface area contributed by atoms with Gasteiger partial charge in [-0.15, -0.1) is 13.2 Å². The zero-order valence-corrected chi connectivity index (χ0v) is 11.6. The van der Waals surface area contributed by atoms with Crippen molar-refractivity contribution >= 4 is 44.5 Å². The molecule has 0 fully saturated rings. The molecule has 1 heterocycles. The van der Waals surface area contributed by atoms with Crippen LogP contribution in [0.2, 0.25) is 0 Å². The van der Waals surface area contributed by atoms with E-state index >= 15 is 0 Å². The van der Waals surface area contributed by atoms with Gasteiger partial charge in [0.15, 0.2) is 5.75 Å². The fourth-order valence-electron chi connectivity index (χ4n) is 1.03. The fraction of sp³-hybridized carbons (Fsp3) is 0.250. The van der Waals surface area contributed by atoms with E-state index in [1.54, 1.807) is 22.6 Å². The first kappa shape index (κ1) is 14.5. The molecule has 0 aliphatic heterocycles. The Labute approximate surface area is 115 Å². The molecule has 9 heteroatoms. The van der Waals surface area contributed by atoms with Crippen molar-refractivity contribution in [1.82, 2.24) is 4.98 Å². The minimum absolute atomic E-state index is 0.0461. The van der Waals surface area contributed by atoms with E-state index in [1.807, 2.05) is 0 Å². The third-order valence-corrected chi connectivity index (χ3v) is 2.67. The van der Waals surface area contributed by atoms with Gasteiger partial charge >= 0.3 is 12.3 Å². The number of carbonyl (C=O) groups is 1. The molecule has 1 N–H and O–H groups in total. The number of pyridine rings is 1. The van der Waals surface area contributed by atoms with Crippen LogP contribution in [0.15, 0.2) is 6.07 Å². The summed E-state index contributed by atoms with van der Waals surface area (Å²) in [6.45, 7) is 0. The average molecular weight is 426 g/mol. The Balaban J connectivity index is 3.37. The maximum atomic E-state index is 12.1. The summed E-state index contributed by atoms with van der Waals surface area (Å²) in [6.07, 6.45) is -4.96. The molecule has 1 aromatic heterocycles. The Morgan fingerprint density at radius 1 is 1.59 bits per heavy atom. The van der Waals surface area contributed by atoms with Gasteiger partial charge in [-0.2, -0.15) is 0 Å². The van der Waals surface area contributed by atoms with E-state index in [0.717, 1.165) is 6.07 Å². The minimum atomic E-state index is -4.96. The van der Waals surface area contributed by atoms with Gasteiger partial charge in [-0.05, 0) is 28.7 Å². The van der Waals surface area contributed by atoms with Crippen LogP contribution < -0.4 is 4.74 Å². The number of alkyl halides is 4. The van der Waals surface area contributed by atoms with Crippen LogP contribution in [0.1, 0.15) is 16.1 Å². The van der Waals surface area contributed by atoms with Crippen LogP contribution >= 0.6 is 38.5 Å². The van der Waals surface area contributed by atoms with E-state index in [-0.39, 0.29) is 14.7 Å². The van der Waals surface area contributed by atoms with Crippen LogP contribution in [0.4, 0.5) is 13.2 Å². The van der Waals surface area contributed by atoms with Crippen molar-refractivity contribution in [3.63, 3.8) is 0 Å². The van der Waals surface area contributed by atoms with E-state index in [4.69, 9.17) is 5.11 Å². The summed E-state index contributed by atoms with van der Waals surface area (Å²) in [5, 5.41) is 8.77. The zero-order chi connectivity index (χ0) is 13.2. The maximum Gasteiger partial charge on any atom is 0.573 e. The second-order valence-corrected chi connectivity index (χ2v) is 4.42. The van der Waals surface area contributed by atoms with Crippen LogP contribution in [0.25, 0.3) is 0 Å². The molecule has 0 saturated carbocycles. The standard InChI is InChI=1S/C8H4BrF3INO3/c9-2-4-6(17-8(10,11)12)3(7(15)16)1-5(13)14-4/h1H,2H2,(H,15,16). The number of carboxylic acids is 1. The summed E-state index contributed by atoms with van der Waals surface area (Å²) in [5.74, 6) is -2.30. The van der Waals surface area contributed by atoms with Crippen molar-refractivity contribution in [1.29, 1.82) is 0 Å². The maximum absolute atomic E-state index is 12.1. The van der Waals surface area contributed by atoms with E-state index < -0.39 is 23.6 Å². The van der Waals surface area contributed by atoms with Crippen molar-refractivity contribution in [2.24, 2.45) is 0 Å². The SMILES string of the molecule is O=C(O)c1cc(I)nc(CBr)c1OC(F)(F)F. The van der Waals surface area contributed by atoms with Crippen molar-refractivity contribution in [2.75, 3.05) is 0 Å². The lowest BCUT2D eigenvalue weighted by molar-refractivity contribution is -0.275. The molecule has 4 nitrogen and oxygen atoms in total. The lowest BCUT2D eigenvalue weighted by atomic mass is 10.2. The third-order valence-electron chi connectivity index (χ3n) is 1.59. The molecule has 0 amide bonds. The number of rotatable bonds is 3. The summed E-state index contributed by atoms with van der Waals surface area (Å²) < 4.78 is 40.4. The first-order valence-electron chi connectivity index (χ1n) is 3.99. The lowest BCUT2D eigenvalue weighted by Gasteiger charge is -2.14. The highest BCUT2D eigenvalue weighted by molar-refractivity contribution is 14.1. The molecule has 0 atom stereocenters. The number of hydrogen-bond acceptors (Lipinski definition) is 3. The molecule has 0 aromatic carbocycles. The quantitative estimate of drug-likeness (QED) is 0.459. The molecule has 1 aromatic rings. The number of nitrogens with zero attached hydrogens (tertiary/aromatic N) is 1. The summed E-state index contributed by atoms with van der Waals surface area (Å²) >= 11 is 4.64. The normalized spacial score (nSPS) is 11.4. The highest BCUT2D eigenvalue weighted by atomic mass is 127.